The normalized spacial score (nSPS) is 13.7. The van der Waals surface area contributed by atoms with Gasteiger partial charge in [0.05, 0.1) is 9.79 Å². The largest absolute Gasteiger partial charge is 0.488 e. The number of hydrogen-bond donors (Lipinski definition) is 0. The number of ether oxygens (including phenoxy) is 2. The molecule has 0 bridgehead atoms. The van der Waals surface area contributed by atoms with Crippen molar-refractivity contribution in [2.75, 3.05) is 0 Å². The van der Waals surface area contributed by atoms with E-state index in [2.05, 4.69) is 0 Å². The maximum absolute atomic E-state index is 14.6. The second-order valence-corrected chi connectivity index (χ2v) is 13.9. The average molecular weight is 679 g/mol. The van der Waals surface area contributed by atoms with Crippen molar-refractivity contribution in [3.05, 3.63) is 114 Å². The van der Waals surface area contributed by atoms with Crippen LogP contribution in [0.5, 0.6) is 17.2 Å². The number of alkyl halides is 6. The van der Waals surface area contributed by atoms with Gasteiger partial charge in [-0.25, -0.2) is 8.42 Å². The first-order chi connectivity index (χ1) is 21.9. The Balaban J connectivity index is 1.61. The van der Waals surface area contributed by atoms with Crippen LogP contribution in [0.2, 0.25) is 0 Å². The van der Waals surface area contributed by atoms with Crippen LogP contribution in [0.3, 0.4) is 0 Å². The van der Waals surface area contributed by atoms with Crippen molar-refractivity contribution in [3.8, 4) is 17.2 Å². The van der Waals surface area contributed by atoms with Crippen LogP contribution in [0.25, 0.3) is 0 Å². The molecule has 0 spiro atoms. The van der Waals surface area contributed by atoms with Gasteiger partial charge in [0.2, 0.25) is 15.3 Å². The van der Waals surface area contributed by atoms with Crippen LogP contribution in [-0.4, -0.2) is 26.4 Å². The van der Waals surface area contributed by atoms with Crippen LogP contribution in [0.1, 0.15) is 70.1 Å². The fourth-order valence-electron chi connectivity index (χ4n) is 5.09. The van der Waals surface area contributed by atoms with Gasteiger partial charge in [-0.15, -0.1) is 0 Å². The molecule has 0 saturated carbocycles. The van der Waals surface area contributed by atoms with Gasteiger partial charge in [0.15, 0.2) is 0 Å². The van der Waals surface area contributed by atoms with Crippen molar-refractivity contribution in [2.24, 2.45) is 0 Å². The molecule has 1 atom stereocenters. The summed E-state index contributed by atoms with van der Waals surface area (Å²) in [5.74, 6) is 0.502. The Hall–Kier alpha value is -3.99. The molecule has 0 fully saturated rings. The molecule has 0 N–H and O–H groups in total. The fraction of sp³-hybridized carbons (Fsp3) is 0.333. The molecule has 0 amide bonds. The molecule has 47 heavy (non-hydrogen) atoms. The first-order valence-electron chi connectivity index (χ1n) is 15.0. The predicted octanol–water partition coefficient (Wildman–Crippen LogP) is 10.8. The van der Waals surface area contributed by atoms with Crippen LogP contribution >= 0.6 is 0 Å². The number of sulfone groups is 1. The summed E-state index contributed by atoms with van der Waals surface area (Å²) in [7, 11) is -3.84. The zero-order valence-corrected chi connectivity index (χ0v) is 27.4. The summed E-state index contributed by atoms with van der Waals surface area (Å²) in [4.78, 5) is 0.102. The first-order valence-corrected chi connectivity index (χ1v) is 16.5. The standard InChI is InChI=1S/C36H36F6O4S/c1-6-24(3)25-8-20-31(21-9-25)47(43,44)32-22-18-29(19-23-32)45-28-14-10-26(11-15-28)34(35(37,38)39,36(40,41)42)27-12-16-30(17-13-27)46-33(4,5)7-2/h8-24H,6-7H2,1-5H3. The first kappa shape index (κ1) is 35.9. The molecular formula is C36H36F6O4S. The van der Waals surface area contributed by atoms with Gasteiger partial charge in [-0.1, -0.05) is 57.2 Å². The third kappa shape index (κ3) is 7.30. The molecule has 4 aromatic rings. The molecule has 0 heterocycles. The Morgan fingerprint density at radius 1 is 0.617 bits per heavy atom. The van der Waals surface area contributed by atoms with Crippen LogP contribution in [0.4, 0.5) is 26.3 Å². The Morgan fingerprint density at radius 2 is 1.00 bits per heavy atom. The van der Waals surface area contributed by atoms with E-state index in [1.807, 2.05) is 20.8 Å². The lowest BCUT2D eigenvalue weighted by molar-refractivity contribution is -0.288. The van der Waals surface area contributed by atoms with E-state index in [1.54, 1.807) is 38.1 Å². The van der Waals surface area contributed by atoms with Crippen molar-refractivity contribution < 1.29 is 44.2 Å². The smallest absolute Gasteiger partial charge is 0.411 e. The molecule has 0 aliphatic heterocycles. The molecule has 0 aliphatic carbocycles. The van der Waals surface area contributed by atoms with Gasteiger partial charge in [0.25, 0.3) is 0 Å². The van der Waals surface area contributed by atoms with E-state index < -0.39 is 44.3 Å². The van der Waals surface area contributed by atoms with Gasteiger partial charge in [-0.05, 0) is 110 Å². The minimum absolute atomic E-state index is 0.00805. The highest BCUT2D eigenvalue weighted by Crippen LogP contribution is 2.56. The fourth-order valence-corrected chi connectivity index (χ4v) is 6.35. The molecule has 0 aromatic heterocycles. The molecule has 0 aliphatic rings. The van der Waals surface area contributed by atoms with Crippen molar-refractivity contribution in [1.29, 1.82) is 0 Å². The molecule has 0 radical (unpaired) electrons. The van der Waals surface area contributed by atoms with Crippen molar-refractivity contribution in [2.45, 2.75) is 86.5 Å². The van der Waals surface area contributed by atoms with Gasteiger partial charge >= 0.3 is 12.4 Å². The predicted molar refractivity (Wildman–Crippen MR) is 168 cm³/mol. The lowest BCUT2D eigenvalue weighted by atomic mass is 9.73. The Kier molecular flexibility index (Phi) is 10.1. The molecule has 252 valence electrons. The van der Waals surface area contributed by atoms with E-state index in [1.165, 1.54) is 24.3 Å². The average Bonchev–Trinajstić information content (AvgIpc) is 3.01. The molecule has 0 saturated heterocycles. The van der Waals surface area contributed by atoms with Gasteiger partial charge < -0.3 is 9.47 Å². The van der Waals surface area contributed by atoms with Crippen molar-refractivity contribution in [3.63, 3.8) is 0 Å². The van der Waals surface area contributed by atoms with Crippen LogP contribution in [-0.2, 0) is 15.3 Å². The highest BCUT2D eigenvalue weighted by Gasteiger charge is 2.72. The number of benzene rings is 4. The minimum atomic E-state index is -5.76. The summed E-state index contributed by atoms with van der Waals surface area (Å²) in [6, 6.07) is 19.2. The van der Waals surface area contributed by atoms with Gasteiger partial charge in [0, 0.05) is 0 Å². The topological polar surface area (TPSA) is 52.6 Å². The molecule has 1 unspecified atom stereocenters. The number of halogens is 6. The molecule has 4 nitrogen and oxygen atoms in total. The zero-order chi connectivity index (χ0) is 34.8. The Labute approximate surface area is 271 Å². The van der Waals surface area contributed by atoms with Gasteiger partial charge in [0.1, 0.15) is 22.8 Å². The Morgan fingerprint density at radius 3 is 1.38 bits per heavy atom. The van der Waals surface area contributed by atoms with Gasteiger partial charge in [-0.2, -0.15) is 26.3 Å². The van der Waals surface area contributed by atoms with E-state index in [4.69, 9.17) is 9.47 Å². The van der Waals surface area contributed by atoms with Gasteiger partial charge in [-0.3, -0.25) is 0 Å². The van der Waals surface area contributed by atoms with Crippen molar-refractivity contribution in [1.82, 2.24) is 0 Å². The summed E-state index contributed by atoms with van der Waals surface area (Å²) in [6.07, 6.45) is -10.0. The van der Waals surface area contributed by atoms with Crippen LogP contribution < -0.4 is 9.47 Å². The molecule has 11 heteroatoms. The highest BCUT2D eigenvalue weighted by atomic mass is 32.2. The lowest BCUT2D eigenvalue weighted by Gasteiger charge is -2.38. The third-order valence-corrected chi connectivity index (χ3v) is 10.2. The van der Waals surface area contributed by atoms with Crippen LogP contribution in [0.15, 0.2) is 107 Å². The summed E-state index contributed by atoms with van der Waals surface area (Å²) >= 11 is 0. The zero-order valence-electron chi connectivity index (χ0n) is 26.5. The highest BCUT2D eigenvalue weighted by molar-refractivity contribution is 7.91. The second-order valence-electron chi connectivity index (χ2n) is 12.0. The minimum Gasteiger partial charge on any atom is -0.488 e. The molecule has 4 aromatic carbocycles. The summed E-state index contributed by atoms with van der Waals surface area (Å²) < 4.78 is 125. The maximum atomic E-state index is 14.6. The SMILES string of the molecule is CCC(C)c1ccc(S(=O)(=O)c2ccc(Oc3ccc(C(c4ccc(OC(C)(C)CC)cc4)(C(F)(F)F)C(F)(F)F)cc3)cc2)cc1. The van der Waals surface area contributed by atoms with E-state index in [-0.39, 0.29) is 33.0 Å². The quantitative estimate of drug-likeness (QED) is 0.148. The lowest BCUT2D eigenvalue weighted by Crippen LogP contribution is -2.54. The van der Waals surface area contributed by atoms with Crippen LogP contribution in [0, 0.1) is 0 Å². The second kappa shape index (κ2) is 13.3. The Bertz CT molecular complexity index is 1730. The van der Waals surface area contributed by atoms with Crippen molar-refractivity contribution >= 4 is 9.84 Å². The summed E-state index contributed by atoms with van der Waals surface area (Å²) in [5.41, 5.74) is -6.05. The number of rotatable bonds is 11. The van der Waals surface area contributed by atoms with E-state index >= 15 is 0 Å². The van der Waals surface area contributed by atoms with E-state index in [0.29, 0.717) is 6.42 Å². The number of hydrogen-bond acceptors (Lipinski definition) is 4. The maximum Gasteiger partial charge on any atom is 0.411 e. The van der Waals surface area contributed by atoms with E-state index in [0.717, 1.165) is 60.5 Å². The summed E-state index contributed by atoms with van der Waals surface area (Å²) in [6.45, 7) is 9.43. The third-order valence-electron chi connectivity index (χ3n) is 8.41. The molecular weight excluding hydrogens is 642 g/mol. The molecule has 4 rings (SSSR count). The summed E-state index contributed by atoms with van der Waals surface area (Å²) in [5, 5.41) is 0. The van der Waals surface area contributed by atoms with E-state index in [9.17, 15) is 34.8 Å². The monoisotopic (exact) mass is 678 g/mol.